The van der Waals surface area contributed by atoms with Crippen LogP contribution in [-0.2, 0) is 4.79 Å². The van der Waals surface area contributed by atoms with Gasteiger partial charge < -0.3 is 5.11 Å². The van der Waals surface area contributed by atoms with E-state index in [4.69, 9.17) is 5.11 Å². The van der Waals surface area contributed by atoms with Crippen molar-refractivity contribution < 1.29 is 9.90 Å². The molecule has 3 nitrogen and oxygen atoms in total. The molecular formula is C10H17NO2. The van der Waals surface area contributed by atoms with Crippen molar-refractivity contribution in [3.63, 3.8) is 0 Å². The summed E-state index contributed by atoms with van der Waals surface area (Å²) in [6.45, 7) is 0.259. The zero-order valence-corrected chi connectivity index (χ0v) is 7.91. The standard InChI is InChI=1S/C10H17NO2/c12-10(13)7-11(8-3-1-4-8)9-5-2-6-9/h8-9H,1-7H2,(H,12,13). The summed E-state index contributed by atoms with van der Waals surface area (Å²) < 4.78 is 0. The van der Waals surface area contributed by atoms with Gasteiger partial charge in [0.1, 0.15) is 0 Å². The third-order valence-electron chi connectivity index (χ3n) is 3.41. The minimum absolute atomic E-state index is 0.259. The molecule has 0 heterocycles. The SMILES string of the molecule is O=C(O)CN(C1CCC1)C1CCC1. The molecule has 2 aliphatic rings. The van der Waals surface area contributed by atoms with E-state index < -0.39 is 5.97 Å². The van der Waals surface area contributed by atoms with Crippen molar-refractivity contribution >= 4 is 5.97 Å². The van der Waals surface area contributed by atoms with Gasteiger partial charge in [-0.1, -0.05) is 12.8 Å². The summed E-state index contributed by atoms with van der Waals surface area (Å²) in [5, 5.41) is 8.78. The van der Waals surface area contributed by atoms with E-state index in [-0.39, 0.29) is 6.54 Å². The Labute approximate surface area is 78.7 Å². The van der Waals surface area contributed by atoms with Crippen LogP contribution in [0.2, 0.25) is 0 Å². The molecule has 0 unspecified atom stereocenters. The van der Waals surface area contributed by atoms with Crippen molar-refractivity contribution in [2.45, 2.75) is 50.6 Å². The van der Waals surface area contributed by atoms with Crippen LogP contribution in [0.3, 0.4) is 0 Å². The van der Waals surface area contributed by atoms with Gasteiger partial charge in [0.2, 0.25) is 0 Å². The quantitative estimate of drug-likeness (QED) is 0.717. The highest BCUT2D eigenvalue weighted by Crippen LogP contribution is 2.33. The van der Waals surface area contributed by atoms with Crippen LogP contribution in [0.5, 0.6) is 0 Å². The van der Waals surface area contributed by atoms with Gasteiger partial charge in [-0.2, -0.15) is 0 Å². The minimum atomic E-state index is -0.668. The molecule has 0 amide bonds. The van der Waals surface area contributed by atoms with E-state index >= 15 is 0 Å². The molecule has 0 aromatic heterocycles. The smallest absolute Gasteiger partial charge is 0.317 e. The van der Waals surface area contributed by atoms with E-state index in [0.29, 0.717) is 12.1 Å². The predicted octanol–water partition coefficient (Wildman–Crippen LogP) is 1.48. The van der Waals surface area contributed by atoms with Gasteiger partial charge in [0, 0.05) is 12.1 Å². The summed E-state index contributed by atoms with van der Waals surface area (Å²) in [5.74, 6) is -0.668. The second-order valence-corrected chi connectivity index (χ2v) is 4.24. The van der Waals surface area contributed by atoms with E-state index in [0.717, 1.165) is 0 Å². The maximum absolute atomic E-state index is 10.7. The minimum Gasteiger partial charge on any atom is -0.480 e. The number of nitrogens with zero attached hydrogens (tertiary/aromatic N) is 1. The fourth-order valence-corrected chi connectivity index (χ4v) is 2.15. The second-order valence-electron chi connectivity index (χ2n) is 4.24. The summed E-state index contributed by atoms with van der Waals surface area (Å²) in [5.41, 5.74) is 0. The molecule has 2 rings (SSSR count). The first-order valence-corrected chi connectivity index (χ1v) is 5.25. The number of aliphatic carboxylic acids is 1. The lowest BCUT2D eigenvalue weighted by atomic mass is 9.84. The van der Waals surface area contributed by atoms with Gasteiger partial charge in [0.05, 0.1) is 6.54 Å². The van der Waals surface area contributed by atoms with E-state index in [1.54, 1.807) is 0 Å². The van der Waals surface area contributed by atoms with Crippen LogP contribution in [0.4, 0.5) is 0 Å². The molecular weight excluding hydrogens is 166 g/mol. The van der Waals surface area contributed by atoms with Crippen LogP contribution in [0, 0.1) is 0 Å². The molecule has 0 aromatic rings. The Morgan fingerprint density at radius 3 is 1.85 bits per heavy atom. The Kier molecular flexibility index (Phi) is 2.54. The summed E-state index contributed by atoms with van der Waals surface area (Å²) in [6, 6.07) is 1.17. The highest BCUT2D eigenvalue weighted by molar-refractivity contribution is 5.69. The van der Waals surface area contributed by atoms with Crippen LogP contribution in [0.1, 0.15) is 38.5 Å². The molecule has 1 N–H and O–H groups in total. The van der Waals surface area contributed by atoms with Gasteiger partial charge in [0.25, 0.3) is 0 Å². The predicted molar refractivity (Wildman–Crippen MR) is 49.6 cm³/mol. The Bertz CT molecular complexity index is 183. The van der Waals surface area contributed by atoms with Gasteiger partial charge in [0.15, 0.2) is 0 Å². The molecule has 0 spiro atoms. The van der Waals surface area contributed by atoms with Crippen molar-refractivity contribution in [1.29, 1.82) is 0 Å². The van der Waals surface area contributed by atoms with Crippen molar-refractivity contribution in [3.8, 4) is 0 Å². The molecule has 0 bridgehead atoms. The molecule has 13 heavy (non-hydrogen) atoms. The highest BCUT2D eigenvalue weighted by atomic mass is 16.4. The second kappa shape index (κ2) is 3.66. The molecule has 2 aliphatic carbocycles. The van der Waals surface area contributed by atoms with Crippen molar-refractivity contribution in [3.05, 3.63) is 0 Å². The third kappa shape index (κ3) is 1.85. The van der Waals surface area contributed by atoms with E-state index in [1.807, 2.05) is 0 Å². The molecule has 2 fully saturated rings. The van der Waals surface area contributed by atoms with Crippen LogP contribution < -0.4 is 0 Å². The average molecular weight is 183 g/mol. The molecule has 0 atom stereocenters. The van der Waals surface area contributed by atoms with Crippen LogP contribution in [0.25, 0.3) is 0 Å². The summed E-state index contributed by atoms with van der Waals surface area (Å²) in [7, 11) is 0. The number of carboxylic acids is 1. The lowest BCUT2D eigenvalue weighted by Gasteiger charge is -2.45. The summed E-state index contributed by atoms with van der Waals surface area (Å²) >= 11 is 0. The lowest BCUT2D eigenvalue weighted by molar-refractivity contribution is -0.141. The Hall–Kier alpha value is -0.570. The fraction of sp³-hybridized carbons (Fsp3) is 0.900. The number of hydrogen-bond acceptors (Lipinski definition) is 2. The largest absolute Gasteiger partial charge is 0.480 e. The maximum atomic E-state index is 10.7. The maximum Gasteiger partial charge on any atom is 0.317 e. The van der Waals surface area contributed by atoms with Crippen molar-refractivity contribution in [1.82, 2.24) is 4.90 Å². The first kappa shape index (κ1) is 9.00. The number of carboxylic acid groups (broad SMARTS) is 1. The summed E-state index contributed by atoms with van der Waals surface area (Å²) in [4.78, 5) is 12.9. The van der Waals surface area contributed by atoms with Gasteiger partial charge in [-0.25, -0.2) is 0 Å². The fourth-order valence-electron chi connectivity index (χ4n) is 2.15. The van der Waals surface area contributed by atoms with Gasteiger partial charge >= 0.3 is 5.97 Å². The number of rotatable bonds is 4. The molecule has 3 heteroatoms. The Balaban J connectivity index is 1.88. The first-order chi connectivity index (χ1) is 6.27. The van der Waals surface area contributed by atoms with Crippen LogP contribution in [-0.4, -0.2) is 34.6 Å². The normalized spacial score (nSPS) is 24.1. The Morgan fingerprint density at radius 1 is 1.15 bits per heavy atom. The lowest BCUT2D eigenvalue weighted by Crippen LogP contribution is -2.51. The van der Waals surface area contributed by atoms with Gasteiger partial charge in [-0.15, -0.1) is 0 Å². The van der Waals surface area contributed by atoms with E-state index in [1.165, 1.54) is 38.5 Å². The average Bonchev–Trinajstić information content (AvgIpc) is 1.75. The highest BCUT2D eigenvalue weighted by Gasteiger charge is 2.34. The topological polar surface area (TPSA) is 40.5 Å². The summed E-state index contributed by atoms with van der Waals surface area (Å²) in [6.07, 6.45) is 7.42. The molecule has 0 radical (unpaired) electrons. The monoisotopic (exact) mass is 183 g/mol. The zero-order valence-electron chi connectivity index (χ0n) is 7.91. The Morgan fingerprint density at radius 2 is 1.62 bits per heavy atom. The van der Waals surface area contributed by atoms with Gasteiger partial charge in [-0.3, -0.25) is 9.69 Å². The third-order valence-corrected chi connectivity index (χ3v) is 3.41. The van der Waals surface area contributed by atoms with Crippen LogP contribution in [0.15, 0.2) is 0 Å². The van der Waals surface area contributed by atoms with E-state index in [9.17, 15) is 4.79 Å². The molecule has 0 saturated heterocycles. The van der Waals surface area contributed by atoms with Crippen molar-refractivity contribution in [2.24, 2.45) is 0 Å². The number of hydrogen-bond donors (Lipinski definition) is 1. The molecule has 74 valence electrons. The first-order valence-electron chi connectivity index (χ1n) is 5.25. The molecule has 0 aromatic carbocycles. The van der Waals surface area contributed by atoms with E-state index in [2.05, 4.69) is 4.90 Å². The molecule has 2 saturated carbocycles. The molecule has 0 aliphatic heterocycles. The van der Waals surface area contributed by atoms with Crippen molar-refractivity contribution in [2.75, 3.05) is 6.54 Å². The van der Waals surface area contributed by atoms with Gasteiger partial charge in [-0.05, 0) is 25.7 Å². The zero-order chi connectivity index (χ0) is 9.26. The van der Waals surface area contributed by atoms with Crippen LogP contribution >= 0.6 is 0 Å². The number of carbonyl (C=O) groups is 1.